The van der Waals surface area contributed by atoms with E-state index in [1.807, 2.05) is 30.3 Å². The Balaban J connectivity index is 1.61. The van der Waals surface area contributed by atoms with Gasteiger partial charge >= 0.3 is 19.4 Å². The Labute approximate surface area is 232 Å². The summed E-state index contributed by atoms with van der Waals surface area (Å²) in [6, 6.07) is 13.0. The number of fused-ring (bicyclic) bond motifs is 1. The van der Waals surface area contributed by atoms with Crippen LogP contribution in [0.2, 0.25) is 0 Å². The van der Waals surface area contributed by atoms with Crippen LogP contribution in [-0.2, 0) is 23.4 Å². The van der Waals surface area contributed by atoms with Crippen LogP contribution in [0.15, 0.2) is 59.5 Å². The number of aliphatic hydroxyl groups excluding tert-OH is 1. The molecule has 0 saturated carbocycles. The van der Waals surface area contributed by atoms with Crippen LogP contribution >= 0.6 is 7.75 Å². The van der Waals surface area contributed by atoms with E-state index >= 15 is 0 Å². The number of carbonyl (C=O) groups is 1. The Morgan fingerprint density at radius 1 is 1.15 bits per heavy atom. The Morgan fingerprint density at radius 3 is 2.55 bits per heavy atom. The highest BCUT2D eigenvalue weighted by molar-refractivity contribution is 7.52. The minimum Gasteiger partial charge on any atom is -0.462 e. The van der Waals surface area contributed by atoms with Crippen LogP contribution in [0.25, 0.3) is 10.8 Å². The highest BCUT2D eigenvalue weighted by atomic mass is 31.2. The van der Waals surface area contributed by atoms with Crippen molar-refractivity contribution in [3.05, 3.63) is 65.2 Å². The number of hydrogen-bond acceptors (Lipinski definition) is 10. The molecule has 4 N–H and O–H groups in total. The third-order valence-corrected chi connectivity index (χ3v) is 8.29. The summed E-state index contributed by atoms with van der Waals surface area (Å²) in [5, 5.41) is 15.2. The first-order valence-electron chi connectivity index (χ1n) is 13.0. The van der Waals surface area contributed by atoms with Crippen molar-refractivity contribution in [2.45, 2.75) is 71.3 Å². The molecule has 12 nitrogen and oxygen atoms in total. The van der Waals surface area contributed by atoms with Crippen LogP contribution in [0.1, 0.15) is 40.8 Å². The van der Waals surface area contributed by atoms with Crippen molar-refractivity contribution in [1.82, 2.24) is 14.6 Å². The van der Waals surface area contributed by atoms with E-state index < -0.39 is 55.9 Å². The number of carbonyl (C=O) groups excluding carboxylic acids is 1. The minimum absolute atomic E-state index is 0.0587. The Morgan fingerprint density at radius 2 is 1.85 bits per heavy atom. The van der Waals surface area contributed by atoms with Crippen molar-refractivity contribution < 1.29 is 33.0 Å². The molecular formula is C27H35N4O8P. The van der Waals surface area contributed by atoms with Crippen molar-refractivity contribution in [1.29, 1.82) is 0 Å². The normalized spacial score (nSPS) is 24.0. The summed E-state index contributed by atoms with van der Waals surface area (Å²) in [6.07, 6.45) is -2.95. The second-order valence-electron chi connectivity index (χ2n) is 10.1. The third kappa shape index (κ3) is 6.54. The minimum atomic E-state index is -4.30. The van der Waals surface area contributed by atoms with E-state index in [1.54, 1.807) is 39.8 Å². The summed E-state index contributed by atoms with van der Waals surface area (Å²) in [7, 11) is -4.30. The molecule has 0 aliphatic carbocycles. The van der Waals surface area contributed by atoms with E-state index in [0.717, 1.165) is 5.39 Å². The quantitative estimate of drug-likeness (QED) is 0.240. The SMILES string of the molecule is CC(C)OC(=O)C(C)NP(=O)(Oc1cccc2ccccc12)OC(C)C1OC(n2ccc(N)nc2=O)C(C)C1O. The average Bonchev–Trinajstić information content (AvgIpc) is 3.18. The lowest BCUT2D eigenvalue weighted by molar-refractivity contribution is -0.149. The number of hydrogen-bond donors (Lipinski definition) is 3. The fourth-order valence-electron chi connectivity index (χ4n) is 4.55. The number of aromatic nitrogens is 2. The molecule has 2 aromatic carbocycles. The molecule has 0 spiro atoms. The van der Waals surface area contributed by atoms with Crippen molar-refractivity contribution in [3.63, 3.8) is 0 Å². The van der Waals surface area contributed by atoms with Gasteiger partial charge in [0.25, 0.3) is 0 Å². The maximum absolute atomic E-state index is 14.2. The summed E-state index contributed by atoms with van der Waals surface area (Å²) in [6.45, 7) is 8.16. The Bertz CT molecular complexity index is 1460. The summed E-state index contributed by atoms with van der Waals surface area (Å²) in [4.78, 5) is 28.7. The predicted molar refractivity (Wildman–Crippen MR) is 149 cm³/mol. The fraction of sp³-hybridized carbons (Fsp3) is 0.444. The van der Waals surface area contributed by atoms with Gasteiger partial charge in [0, 0.05) is 17.5 Å². The molecule has 1 aliphatic rings. The highest BCUT2D eigenvalue weighted by Crippen LogP contribution is 2.49. The molecule has 2 heterocycles. The molecule has 1 fully saturated rings. The molecule has 3 aromatic rings. The number of anilines is 1. The highest BCUT2D eigenvalue weighted by Gasteiger charge is 2.47. The number of nitrogens with zero attached hydrogens (tertiary/aromatic N) is 2. The smallest absolute Gasteiger partial charge is 0.459 e. The molecule has 7 unspecified atom stereocenters. The van der Waals surface area contributed by atoms with E-state index in [4.69, 9.17) is 24.3 Å². The summed E-state index contributed by atoms with van der Waals surface area (Å²) in [5.74, 6) is -0.868. The summed E-state index contributed by atoms with van der Waals surface area (Å²) >= 11 is 0. The topological polar surface area (TPSA) is 164 Å². The number of rotatable bonds is 10. The van der Waals surface area contributed by atoms with Gasteiger partial charge in [-0.3, -0.25) is 13.9 Å². The summed E-state index contributed by atoms with van der Waals surface area (Å²) in [5.41, 5.74) is 4.96. The van der Waals surface area contributed by atoms with E-state index in [0.29, 0.717) is 5.39 Å². The van der Waals surface area contributed by atoms with Crippen molar-refractivity contribution in [2.24, 2.45) is 5.92 Å². The first-order chi connectivity index (χ1) is 18.9. The Hall–Kier alpha value is -3.28. The standard InChI is InChI=1S/C27H35N4O8P/c1-15(2)36-26(33)17(4)30-40(35,39-21-12-8-10-19-9-6-7-11-20(19)21)38-18(5)24-23(32)16(3)25(37-24)31-14-13-22(28)29-27(31)34/h6-18,23-25,32H,1-5H3,(H,30,35)(H2,28,29,34). The van der Waals surface area contributed by atoms with Gasteiger partial charge in [0.1, 0.15) is 29.9 Å². The van der Waals surface area contributed by atoms with E-state index in [-0.39, 0.29) is 17.7 Å². The summed E-state index contributed by atoms with van der Waals surface area (Å²) < 4.78 is 38.7. The number of benzene rings is 2. The fourth-order valence-corrected chi connectivity index (χ4v) is 6.26. The molecule has 7 atom stereocenters. The van der Waals surface area contributed by atoms with Crippen LogP contribution in [0.5, 0.6) is 5.75 Å². The van der Waals surface area contributed by atoms with E-state index in [9.17, 15) is 19.3 Å². The molecule has 0 amide bonds. The maximum Gasteiger partial charge on any atom is 0.459 e. The lowest BCUT2D eigenvalue weighted by Gasteiger charge is -2.29. The number of nitrogens with two attached hydrogens (primary N) is 1. The number of nitrogens with one attached hydrogen (secondary N) is 1. The molecule has 4 rings (SSSR count). The second-order valence-corrected chi connectivity index (χ2v) is 11.7. The van der Waals surface area contributed by atoms with Crippen molar-refractivity contribution in [3.8, 4) is 5.75 Å². The van der Waals surface area contributed by atoms with Crippen molar-refractivity contribution in [2.75, 3.05) is 5.73 Å². The zero-order valence-electron chi connectivity index (χ0n) is 23.0. The monoisotopic (exact) mass is 574 g/mol. The van der Waals surface area contributed by atoms with Crippen molar-refractivity contribution >= 4 is 30.3 Å². The van der Waals surface area contributed by atoms with Crippen LogP contribution in [0.3, 0.4) is 0 Å². The largest absolute Gasteiger partial charge is 0.462 e. The van der Waals surface area contributed by atoms with E-state index in [2.05, 4.69) is 10.1 Å². The molecule has 40 heavy (non-hydrogen) atoms. The van der Waals surface area contributed by atoms with Crippen LogP contribution < -0.4 is 21.0 Å². The van der Waals surface area contributed by atoms with Gasteiger partial charge in [-0.15, -0.1) is 0 Å². The lowest BCUT2D eigenvalue weighted by Crippen LogP contribution is -2.40. The molecule has 13 heteroatoms. The van der Waals surface area contributed by atoms with Gasteiger partial charge in [-0.2, -0.15) is 10.1 Å². The molecule has 216 valence electrons. The average molecular weight is 575 g/mol. The molecular weight excluding hydrogens is 539 g/mol. The van der Waals surface area contributed by atoms with Gasteiger partial charge in [-0.25, -0.2) is 9.36 Å². The first kappa shape index (κ1) is 29.7. The van der Waals surface area contributed by atoms with E-state index in [1.165, 1.54) is 23.8 Å². The number of nitrogen functional groups attached to an aromatic ring is 1. The molecule has 1 saturated heterocycles. The van der Waals surface area contributed by atoms with Crippen LogP contribution in [0.4, 0.5) is 5.82 Å². The molecule has 1 aliphatic heterocycles. The van der Waals surface area contributed by atoms with Gasteiger partial charge in [0.05, 0.1) is 18.3 Å². The van der Waals surface area contributed by atoms with Crippen LogP contribution in [-0.4, -0.2) is 51.1 Å². The molecule has 1 aromatic heterocycles. The Kier molecular flexibility index (Phi) is 8.96. The van der Waals surface area contributed by atoms with Gasteiger partial charge in [-0.1, -0.05) is 43.3 Å². The second kappa shape index (κ2) is 12.1. The zero-order valence-corrected chi connectivity index (χ0v) is 23.9. The number of esters is 1. The van der Waals surface area contributed by atoms with Gasteiger partial charge < -0.3 is 24.8 Å². The predicted octanol–water partition coefficient (Wildman–Crippen LogP) is 3.40. The first-order valence-corrected chi connectivity index (χ1v) is 14.5. The third-order valence-electron chi connectivity index (χ3n) is 6.54. The molecule has 0 bridgehead atoms. The number of ether oxygens (including phenoxy) is 2. The zero-order chi connectivity index (χ0) is 29.2. The maximum atomic E-state index is 14.2. The lowest BCUT2D eigenvalue weighted by atomic mass is 9.99. The van der Waals surface area contributed by atoms with Gasteiger partial charge in [0.2, 0.25) is 0 Å². The van der Waals surface area contributed by atoms with Gasteiger partial charge in [-0.05, 0) is 45.2 Å². The van der Waals surface area contributed by atoms with Gasteiger partial charge in [0.15, 0.2) is 0 Å². The molecule has 0 radical (unpaired) electrons. The number of aliphatic hydroxyl groups is 1. The van der Waals surface area contributed by atoms with Crippen LogP contribution in [0, 0.1) is 5.92 Å².